The minimum atomic E-state index is -0.129. The van der Waals surface area contributed by atoms with Gasteiger partial charge in [0.2, 0.25) is 5.91 Å². The van der Waals surface area contributed by atoms with Crippen molar-refractivity contribution >= 4 is 11.8 Å². The normalized spacial score (nSPS) is 19.8. The molecule has 2 heterocycles. The Labute approximate surface area is 106 Å². The van der Waals surface area contributed by atoms with Gasteiger partial charge in [0.1, 0.15) is 0 Å². The third-order valence-electron chi connectivity index (χ3n) is 3.02. The first-order valence-electron chi connectivity index (χ1n) is 6.23. The summed E-state index contributed by atoms with van der Waals surface area (Å²) in [7, 11) is 0. The number of nitrogens with zero attached hydrogens (tertiary/aromatic N) is 1. The number of hydrogen-bond acceptors (Lipinski definition) is 3. The molecule has 1 aliphatic rings. The summed E-state index contributed by atoms with van der Waals surface area (Å²) in [5, 5.41) is 5.76. The van der Waals surface area contributed by atoms with Crippen LogP contribution in [-0.4, -0.2) is 29.4 Å². The van der Waals surface area contributed by atoms with Crippen molar-refractivity contribution in [3.8, 4) is 0 Å². The van der Waals surface area contributed by atoms with Crippen LogP contribution < -0.4 is 10.6 Å². The van der Waals surface area contributed by atoms with E-state index in [9.17, 15) is 9.59 Å². The number of nitrogens with one attached hydrogen (secondary N) is 2. The van der Waals surface area contributed by atoms with E-state index in [4.69, 9.17) is 0 Å². The molecular formula is C13H17N3O2. The molecule has 18 heavy (non-hydrogen) atoms. The second kappa shape index (κ2) is 6.14. The first kappa shape index (κ1) is 12.5. The Hall–Kier alpha value is -1.91. The van der Waals surface area contributed by atoms with Crippen LogP contribution in [0.2, 0.25) is 0 Å². The maximum Gasteiger partial charge on any atom is 0.251 e. The van der Waals surface area contributed by atoms with Gasteiger partial charge in [0, 0.05) is 37.0 Å². The van der Waals surface area contributed by atoms with Crippen molar-refractivity contribution in [2.75, 3.05) is 6.54 Å². The lowest BCUT2D eigenvalue weighted by atomic mass is 10.1. The van der Waals surface area contributed by atoms with Crippen molar-refractivity contribution in [3.63, 3.8) is 0 Å². The summed E-state index contributed by atoms with van der Waals surface area (Å²) in [6, 6.07) is 3.38. The highest BCUT2D eigenvalue weighted by atomic mass is 16.2. The maximum absolute atomic E-state index is 11.8. The Morgan fingerprint density at radius 3 is 2.94 bits per heavy atom. The molecule has 1 saturated heterocycles. The molecule has 0 aromatic carbocycles. The van der Waals surface area contributed by atoms with Gasteiger partial charge in [0.25, 0.3) is 5.91 Å². The third-order valence-corrected chi connectivity index (χ3v) is 3.02. The van der Waals surface area contributed by atoms with E-state index in [-0.39, 0.29) is 17.9 Å². The number of aromatic nitrogens is 1. The standard InChI is InChI=1S/C13H17N3O2/c17-12-4-2-1-3-11(16-12)9-15-13(18)10-5-7-14-8-6-10/h5-8,11H,1-4,9H2,(H,15,18)(H,16,17)/t11-/m1/s1. The molecular weight excluding hydrogens is 230 g/mol. The highest BCUT2D eigenvalue weighted by molar-refractivity contribution is 5.94. The average molecular weight is 247 g/mol. The van der Waals surface area contributed by atoms with Crippen molar-refractivity contribution in [2.24, 2.45) is 0 Å². The van der Waals surface area contributed by atoms with Crippen molar-refractivity contribution in [1.29, 1.82) is 0 Å². The second-order valence-corrected chi connectivity index (χ2v) is 4.46. The van der Waals surface area contributed by atoms with E-state index in [1.807, 2.05) is 0 Å². The fraction of sp³-hybridized carbons (Fsp3) is 0.462. The van der Waals surface area contributed by atoms with E-state index in [2.05, 4.69) is 15.6 Å². The van der Waals surface area contributed by atoms with Crippen LogP contribution in [0.3, 0.4) is 0 Å². The topological polar surface area (TPSA) is 71.1 Å². The lowest BCUT2D eigenvalue weighted by Gasteiger charge is -2.16. The van der Waals surface area contributed by atoms with Gasteiger partial charge in [-0.2, -0.15) is 0 Å². The number of carbonyl (C=O) groups is 2. The molecule has 1 aromatic heterocycles. The fourth-order valence-electron chi connectivity index (χ4n) is 2.02. The monoisotopic (exact) mass is 247 g/mol. The van der Waals surface area contributed by atoms with Crippen LogP contribution in [0.15, 0.2) is 24.5 Å². The molecule has 2 N–H and O–H groups in total. The van der Waals surface area contributed by atoms with Gasteiger partial charge in [-0.1, -0.05) is 6.42 Å². The smallest absolute Gasteiger partial charge is 0.251 e. The van der Waals surface area contributed by atoms with Crippen LogP contribution in [0, 0.1) is 0 Å². The highest BCUT2D eigenvalue weighted by Crippen LogP contribution is 2.08. The number of rotatable bonds is 3. The zero-order valence-corrected chi connectivity index (χ0v) is 10.2. The average Bonchev–Trinajstić information content (AvgIpc) is 2.61. The van der Waals surface area contributed by atoms with E-state index >= 15 is 0 Å². The van der Waals surface area contributed by atoms with Gasteiger partial charge in [-0.05, 0) is 25.0 Å². The van der Waals surface area contributed by atoms with Crippen molar-refractivity contribution < 1.29 is 9.59 Å². The Morgan fingerprint density at radius 1 is 1.39 bits per heavy atom. The molecule has 5 nitrogen and oxygen atoms in total. The lowest BCUT2D eigenvalue weighted by Crippen LogP contribution is -2.42. The molecule has 0 saturated carbocycles. The van der Waals surface area contributed by atoms with E-state index in [0.29, 0.717) is 18.5 Å². The van der Waals surface area contributed by atoms with E-state index < -0.39 is 0 Å². The van der Waals surface area contributed by atoms with Crippen LogP contribution in [0.5, 0.6) is 0 Å². The molecule has 1 atom stereocenters. The number of carbonyl (C=O) groups excluding carboxylic acids is 2. The zero-order chi connectivity index (χ0) is 12.8. The van der Waals surface area contributed by atoms with E-state index in [1.54, 1.807) is 24.5 Å². The van der Waals surface area contributed by atoms with Crippen molar-refractivity contribution in [2.45, 2.75) is 31.7 Å². The van der Waals surface area contributed by atoms with Gasteiger partial charge in [0.15, 0.2) is 0 Å². The van der Waals surface area contributed by atoms with Crippen LogP contribution in [0.25, 0.3) is 0 Å². The summed E-state index contributed by atoms with van der Waals surface area (Å²) >= 11 is 0. The predicted octanol–water partition coefficient (Wildman–Crippen LogP) is 0.870. The van der Waals surface area contributed by atoms with Gasteiger partial charge in [-0.15, -0.1) is 0 Å². The molecule has 0 aliphatic carbocycles. The minimum absolute atomic E-state index is 0.0470. The van der Waals surface area contributed by atoms with Crippen LogP contribution in [-0.2, 0) is 4.79 Å². The largest absolute Gasteiger partial charge is 0.352 e. The first-order chi connectivity index (χ1) is 8.75. The van der Waals surface area contributed by atoms with Crippen LogP contribution >= 0.6 is 0 Å². The third kappa shape index (κ3) is 3.55. The number of hydrogen-bond donors (Lipinski definition) is 2. The molecule has 2 rings (SSSR count). The van der Waals surface area contributed by atoms with E-state index in [0.717, 1.165) is 19.3 Å². The second-order valence-electron chi connectivity index (χ2n) is 4.46. The molecule has 0 radical (unpaired) electrons. The van der Waals surface area contributed by atoms with Crippen molar-refractivity contribution in [3.05, 3.63) is 30.1 Å². The summed E-state index contributed by atoms with van der Waals surface area (Å²) in [5.74, 6) is -0.0495. The molecule has 0 unspecified atom stereocenters. The molecule has 1 aromatic rings. The Balaban J connectivity index is 1.84. The van der Waals surface area contributed by atoms with Gasteiger partial charge in [-0.25, -0.2) is 0 Å². The molecule has 96 valence electrons. The lowest BCUT2D eigenvalue weighted by molar-refractivity contribution is -0.121. The summed E-state index contributed by atoms with van der Waals surface area (Å²) in [4.78, 5) is 27.0. The van der Waals surface area contributed by atoms with Gasteiger partial charge in [-0.3, -0.25) is 14.6 Å². The SMILES string of the molecule is O=C1CCCC[C@H](CNC(=O)c2ccncc2)N1. The van der Waals surface area contributed by atoms with Gasteiger partial charge >= 0.3 is 0 Å². The first-order valence-corrected chi connectivity index (χ1v) is 6.23. The van der Waals surface area contributed by atoms with Crippen LogP contribution in [0.4, 0.5) is 0 Å². The van der Waals surface area contributed by atoms with Crippen molar-refractivity contribution in [1.82, 2.24) is 15.6 Å². The Bertz CT molecular complexity index is 420. The maximum atomic E-state index is 11.8. The summed E-state index contributed by atoms with van der Waals surface area (Å²) in [6.07, 6.45) is 6.64. The van der Waals surface area contributed by atoms with Gasteiger partial charge in [0.05, 0.1) is 0 Å². The molecule has 0 bridgehead atoms. The van der Waals surface area contributed by atoms with Gasteiger partial charge < -0.3 is 10.6 Å². The predicted molar refractivity (Wildman–Crippen MR) is 67.0 cm³/mol. The Morgan fingerprint density at radius 2 is 2.17 bits per heavy atom. The van der Waals surface area contributed by atoms with E-state index in [1.165, 1.54) is 0 Å². The molecule has 0 spiro atoms. The summed E-state index contributed by atoms with van der Waals surface area (Å²) in [6.45, 7) is 0.479. The quantitative estimate of drug-likeness (QED) is 0.832. The summed E-state index contributed by atoms with van der Waals surface area (Å²) < 4.78 is 0. The Kier molecular flexibility index (Phi) is 4.28. The molecule has 1 fully saturated rings. The van der Waals surface area contributed by atoms with Crippen LogP contribution in [0.1, 0.15) is 36.0 Å². The summed E-state index contributed by atoms with van der Waals surface area (Å²) in [5.41, 5.74) is 0.588. The highest BCUT2D eigenvalue weighted by Gasteiger charge is 2.17. The molecule has 5 heteroatoms. The fourth-order valence-corrected chi connectivity index (χ4v) is 2.02. The zero-order valence-electron chi connectivity index (χ0n) is 10.2. The molecule has 2 amide bonds. The number of amides is 2. The molecule has 1 aliphatic heterocycles. The minimum Gasteiger partial charge on any atom is -0.352 e. The number of pyridine rings is 1.